The predicted molar refractivity (Wildman–Crippen MR) is 113 cm³/mol. The van der Waals surface area contributed by atoms with Gasteiger partial charge >= 0.3 is 0 Å². The quantitative estimate of drug-likeness (QED) is 0.246. The smallest absolute Gasteiger partial charge is 0.0701 e. The van der Waals surface area contributed by atoms with E-state index in [1.807, 2.05) is 0 Å². The highest BCUT2D eigenvalue weighted by atomic mass is 16.6. The van der Waals surface area contributed by atoms with Crippen LogP contribution in [0.15, 0.2) is 0 Å². The molecular formula is C22H46O6. The zero-order chi connectivity index (χ0) is 20.5. The van der Waals surface area contributed by atoms with E-state index in [2.05, 4.69) is 13.8 Å². The Bertz CT molecular complexity index is 278. The molecule has 1 atom stereocenters. The molecule has 0 aromatic rings. The second-order valence-electron chi connectivity index (χ2n) is 7.24. The van der Waals surface area contributed by atoms with Gasteiger partial charge in [-0.1, -0.05) is 52.4 Å². The highest BCUT2D eigenvalue weighted by Crippen LogP contribution is 2.15. The van der Waals surface area contributed by atoms with Crippen LogP contribution in [0.2, 0.25) is 0 Å². The van der Waals surface area contributed by atoms with Crippen molar-refractivity contribution in [2.75, 3.05) is 72.7 Å². The fraction of sp³-hybridized carbons (Fsp3) is 1.00. The van der Waals surface area contributed by atoms with Gasteiger partial charge in [-0.2, -0.15) is 0 Å². The van der Waals surface area contributed by atoms with Crippen LogP contribution in [0.1, 0.15) is 65.2 Å². The largest absolute Gasteiger partial charge is 0.394 e. The van der Waals surface area contributed by atoms with Crippen LogP contribution < -0.4 is 0 Å². The average molecular weight is 407 g/mol. The van der Waals surface area contributed by atoms with Crippen LogP contribution in [0, 0.1) is 5.92 Å². The molecule has 0 spiro atoms. The Balaban J connectivity index is 3.08. The first kappa shape index (κ1) is 27.8. The van der Waals surface area contributed by atoms with Crippen molar-refractivity contribution in [3.8, 4) is 0 Å². The highest BCUT2D eigenvalue weighted by molar-refractivity contribution is 4.54. The number of aliphatic hydroxyl groups excluding tert-OH is 1. The Hall–Kier alpha value is -0.240. The predicted octanol–water partition coefficient (Wildman–Crippen LogP) is 3.84. The third-order valence-corrected chi connectivity index (χ3v) is 4.51. The summed E-state index contributed by atoms with van der Waals surface area (Å²) in [5, 5.41) is 8.54. The number of rotatable bonds is 24. The Kier molecular flexibility index (Phi) is 24.6. The van der Waals surface area contributed by atoms with Crippen molar-refractivity contribution in [1.82, 2.24) is 0 Å². The number of ether oxygens (including phenoxy) is 5. The summed E-state index contributed by atoms with van der Waals surface area (Å²) >= 11 is 0. The van der Waals surface area contributed by atoms with Crippen molar-refractivity contribution in [3.63, 3.8) is 0 Å². The molecular weight excluding hydrogens is 360 g/mol. The summed E-state index contributed by atoms with van der Waals surface area (Å²) < 4.78 is 26.9. The monoisotopic (exact) mass is 406 g/mol. The number of unbranched alkanes of at least 4 members (excludes halogenated alkanes) is 4. The van der Waals surface area contributed by atoms with Crippen molar-refractivity contribution >= 4 is 0 Å². The second-order valence-corrected chi connectivity index (χ2v) is 7.24. The first-order chi connectivity index (χ1) is 13.8. The van der Waals surface area contributed by atoms with Gasteiger partial charge in [0.15, 0.2) is 0 Å². The van der Waals surface area contributed by atoms with E-state index in [0.29, 0.717) is 59.5 Å². The van der Waals surface area contributed by atoms with E-state index < -0.39 is 0 Å². The van der Waals surface area contributed by atoms with E-state index in [1.54, 1.807) is 0 Å². The first-order valence-electron chi connectivity index (χ1n) is 11.3. The zero-order valence-corrected chi connectivity index (χ0v) is 18.5. The maximum Gasteiger partial charge on any atom is 0.0701 e. The molecule has 0 rings (SSSR count). The van der Waals surface area contributed by atoms with Crippen LogP contribution in [0.4, 0.5) is 0 Å². The normalized spacial score (nSPS) is 12.5. The summed E-state index contributed by atoms with van der Waals surface area (Å²) in [6.07, 6.45) is 10.6. The van der Waals surface area contributed by atoms with Gasteiger partial charge in [0.25, 0.3) is 0 Å². The molecule has 170 valence electrons. The van der Waals surface area contributed by atoms with Crippen molar-refractivity contribution in [3.05, 3.63) is 0 Å². The van der Waals surface area contributed by atoms with Gasteiger partial charge in [0, 0.05) is 6.61 Å². The van der Waals surface area contributed by atoms with Crippen LogP contribution >= 0.6 is 0 Å². The van der Waals surface area contributed by atoms with E-state index in [1.165, 1.54) is 44.9 Å². The minimum Gasteiger partial charge on any atom is -0.394 e. The molecule has 6 heteroatoms. The molecule has 0 radical (unpaired) electrons. The maximum absolute atomic E-state index is 8.54. The molecule has 1 N–H and O–H groups in total. The molecule has 0 aliphatic carbocycles. The van der Waals surface area contributed by atoms with E-state index in [4.69, 9.17) is 28.8 Å². The number of hydrogen-bond acceptors (Lipinski definition) is 6. The van der Waals surface area contributed by atoms with Crippen LogP contribution in [0.3, 0.4) is 0 Å². The van der Waals surface area contributed by atoms with Gasteiger partial charge in [0.05, 0.1) is 66.1 Å². The molecule has 6 nitrogen and oxygen atoms in total. The van der Waals surface area contributed by atoms with Gasteiger partial charge in [0.2, 0.25) is 0 Å². The molecule has 0 heterocycles. The Labute approximate surface area is 173 Å². The third kappa shape index (κ3) is 23.8. The van der Waals surface area contributed by atoms with Gasteiger partial charge in [-0.3, -0.25) is 0 Å². The lowest BCUT2D eigenvalue weighted by molar-refractivity contribution is -0.0135. The fourth-order valence-electron chi connectivity index (χ4n) is 2.82. The summed E-state index contributed by atoms with van der Waals surface area (Å²) in [5.41, 5.74) is 0. The highest BCUT2D eigenvalue weighted by Gasteiger charge is 2.02. The second kappa shape index (κ2) is 24.8. The molecule has 0 saturated carbocycles. The van der Waals surface area contributed by atoms with Crippen LogP contribution in [-0.4, -0.2) is 77.8 Å². The summed E-state index contributed by atoms with van der Waals surface area (Å²) in [4.78, 5) is 0. The standard InChI is InChI=1S/C22H46O6/c1-3-4-5-6-7-9-22(2)10-8-12-24-14-16-26-18-20-28-21-19-27-17-15-25-13-11-23/h22-23H,3-21H2,1-2H3. The van der Waals surface area contributed by atoms with E-state index in [0.717, 1.165) is 18.9 Å². The summed E-state index contributed by atoms with van der Waals surface area (Å²) in [6.45, 7) is 10.4. The van der Waals surface area contributed by atoms with Crippen molar-refractivity contribution in [2.24, 2.45) is 5.92 Å². The van der Waals surface area contributed by atoms with Gasteiger partial charge in [-0.25, -0.2) is 0 Å². The van der Waals surface area contributed by atoms with Crippen molar-refractivity contribution in [1.29, 1.82) is 0 Å². The topological polar surface area (TPSA) is 66.4 Å². The summed E-state index contributed by atoms with van der Waals surface area (Å²) in [6, 6.07) is 0. The van der Waals surface area contributed by atoms with Gasteiger partial charge in [0.1, 0.15) is 0 Å². The molecule has 0 aromatic heterocycles. The first-order valence-corrected chi connectivity index (χ1v) is 11.3. The van der Waals surface area contributed by atoms with E-state index in [9.17, 15) is 0 Å². The van der Waals surface area contributed by atoms with Gasteiger partial charge in [-0.15, -0.1) is 0 Å². The molecule has 0 aliphatic rings. The molecule has 0 saturated heterocycles. The Morgan fingerprint density at radius 2 is 0.964 bits per heavy atom. The fourth-order valence-corrected chi connectivity index (χ4v) is 2.82. The van der Waals surface area contributed by atoms with Crippen LogP contribution in [0.25, 0.3) is 0 Å². The number of hydrogen-bond donors (Lipinski definition) is 1. The average Bonchev–Trinajstić information content (AvgIpc) is 2.70. The minimum atomic E-state index is 0.0482. The molecule has 0 bridgehead atoms. The van der Waals surface area contributed by atoms with Crippen LogP contribution in [-0.2, 0) is 23.7 Å². The zero-order valence-electron chi connectivity index (χ0n) is 18.5. The Morgan fingerprint density at radius 3 is 1.46 bits per heavy atom. The summed E-state index contributed by atoms with van der Waals surface area (Å²) in [5.74, 6) is 0.815. The van der Waals surface area contributed by atoms with E-state index >= 15 is 0 Å². The Morgan fingerprint density at radius 1 is 0.536 bits per heavy atom. The minimum absolute atomic E-state index is 0.0482. The molecule has 0 fully saturated rings. The van der Waals surface area contributed by atoms with Crippen molar-refractivity contribution in [2.45, 2.75) is 65.2 Å². The molecule has 0 amide bonds. The lowest BCUT2D eigenvalue weighted by Crippen LogP contribution is -2.13. The van der Waals surface area contributed by atoms with Crippen LogP contribution in [0.5, 0.6) is 0 Å². The third-order valence-electron chi connectivity index (χ3n) is 4.51. The van der Waals surface area contributed by atoms with Gasteiger partial charge in [-0.05, 0) is 18.8 Å². The SMILES string of the molecule is CCCCCCCC(C)CCCOCCOCCOCCOCCOCCO. The molecule has 0 aliphatic heterocycles. The molecule has 1 unspecified atom stereocenters. The lowest BCUT2D eigenvalue weighted by Gasteiger charge is -2.11. The molecule has 28 heavy (non-hydrogen) atoms. The van der Waals surface area contributed by atoms with E-state index in [-0.39, 0.29) is 6.61 Å². The summed E-state index contributed by atoms with van der Waals surface area (Å²) in [7, 11) is 0. The molecule has 0 aromatic carbocycles. The number of aliphatic hydroxyl groups is 1. The van der Waals surface area contributed by atoms with Crippen molar-refractivity contribution < 1.29 is 28.8 Å². The lowest BCUT2D eigenvalue weighted by atomic mass is 9.98. The van der Waals surface area contributed by atoms with Gasteiger partial charge < -0.3 is 28.8 Å². The maximum atomic E-state index is 8.54.